The van der Waals surface area contributed by atoms with Gasteiger partial charge in [-0.15, -0.1) is 17.8 Å². The summed E-state index contributed by atoms with van der Waals surface area (Å²) in [5.74, 6) is 2.26. The second-order valence-electron chi connectivity index (χ2n) is 7.06. The molecule has 30 heavy (non-hydrogen) atoms. The topological polar surface area (TPSA) is 105 Å². The van der Waals surface area contributed by atoms with Crippen molar-refractivity contribution in [2.45, 2.75) is 25.8 Å². The van der Waals surface area contributed by atoms with Crippen LogP contribution in [0.4, 0.5) is 0 Å². The van der Waals surface area contributed by atoms with Crippen molar-refractivity contribution in [1.82, 2.24) is 14.6 Å². The molecule has 2 aromatic rings. The fraction of sp³-hybridized carbons (Fsp3) is 0.333. The number of amides is 1. The third kappa shape index (κ3) is 5.15. The Hall–Kier alpha value is -2.51. The lowest BCUT2D eigenvalue weighted by Crippen LogP contribution is -2.42. The van der Waals surface area contributed by atoms with Gasteiger partial charge in [-0.2, -0.15) is 4.31 Å². The Morgan fingerprint density at radius 3 is 2.83 bits per heavy atom. The van der Waals surface area contributed by atoms with Gasteiger partial charge in [-0.3, -0.25) is 9.78 Å². The van der Waals surface area contributed by atoms with Crippen LogP contribution in [0, 0.1) is 12.3 Å². The van der Waals surface area contributed by atoms with Crippen molar-refractivity contribution in [3.8, 4) is 12.3 Å². The van der Waals surface area contributed by atoms with Crippen molar-refractivity contribution in [3.63, 3.8) is 0 Å². The Kier molecular flexibility index (Phi) is 7.05. The van der Waals surface area contributed by atoms with Gasteiger partial charge in [0.1, 0.15) is 0 Å². The number of carbonyl (C=O) groups excluding carboxylic acids is 1. The minimum atomic E-state index is -3.54. The number of rotatable bonds is 6. The van der Waals surface area contributed by atoms with Gasteiger partial charge >= 0.3 is 0 Å². The summed E-state index contributed by atoms with van der Waals surface area (Å²) in [7, 11) is -3.54. The van der Waals surface area contributed by atoms with Gasteiger partial charge in [0.2, 0.25) is 10.0 Å². The van der Waals surface area contributed by atoms with Crippen LogP contribution in [0.5, 0.6) is 0 Å². The second-order valence-corrected chi connectivity index (χ2v) is 10.3. The van der Waals surface area contributed by atoms with Crippen molar-refractivity contribution in [2.75, 3.05) is 19.6 Å². The maximum Gasteiger partial charge on any atom is 0.261 e. The first-order valence-corrected chi connectivity index (χ1v) is 11.8. The van der Waals surface area contributed by atoms with Gasteiger partial charge in [0.25, 0.3) is 5.91 Å². The summed E-state index contributed by atoms with van der Waals surface area (Å²) in [5.41, 5.74) is 6.32. The Balaban J connectivity index is 1.64. The van der Waals surface area contributed by atoms with E-state index in [1.165, 1.54) is 21.7 Å². The average molecular weight is 445 g/mol. The van der Waals surface area contributed by atoms with Crippen molar-refractivity contribution >= 4 is 37.4 Å². The van der Waals surface area contributed by atoms with E-state index in [1.807, 2.05) is 6.07 Å². The first-order valence-electron chi connectivity index (χ1n) is 9.53. The first kappa shape index (κ1) is 22.2. The molecule has 0 aliphatic carbocycles. The van der Waals surface area contributed by atoms with E-state index in [1.54, 1.807) is 31.5 Å². The number of carbonyl (C=O) groups is 1. The fourth-order valence-corrected chi connectivity index (χ4v) is 5.33. The first-order chi connectivity index (χ1) is 14.3. The standard InChI is InChI=1S/C21H24N4O3S2/c1-3-16(5-4-15(2)30(27,28)25-10-7-18(22)8-11-25)13-24-21(26)19-12-17-6-9-23-14-20(17)29-19/h1,4-6,9,12,14,18H,7-8,10-11,13,22H2,2H3,(H,24,26). The van der Waals surface area contributed by atoms with E-state index in [4.69, 9.17) is 12.2 Å². The van der Waals surface area contributed by atoms with E-state index in [2.05, 4.69) is 16.2 Å². The molecule has 158 valence electrons. The molecule has 0 atom stereocenters. The summed E-state index contributed by atoms with van der Waals surface area (Å²) in [4.78, 5) is 17.2. The number of thiophene rings is 1. The Morgan fingerprint density at radius 1 is 1.43 bits per heavy atom. The summed E-state index contributed by atoms with van der Waals surface area (Å²) in [6.07, 6.45) is 13.3. The number of nitrogens with two attached hydrogens (primary N) is 1. The van der Waals surface area contributed by atoms with E-state index < -0.39 is 10.0 Å². The number of sulfonamides is 1. The molecular weight excluding hydrogens is 420 g/mol. The third-order valence-corrected chi connectivity index (χ3v) is 8.02. The van der Waals surface area contributed by atoms with Crippen molar-refractivity contribution in [1.29, 1.82) is 0 Å². The van der Waals surface area contributed by atoms with Crippen LogP contribution in [-0.2, 0) is 10.0 Å². The van der Waals surface area contributed by atoms with Crippen LogP contribution < -0.4 is 11.1 Å². The second kappa shape index (κ2) is 9.53. The molecule has 0 aromatic carbocycles. The Morgan fingerprint density at radius 2 is 2.17 bits per heavy atom. The molecule has 2 aromatic heterocycles. The fourth-order valence-electron chi connectivity index (χ4n) is 3.04. The zero-order valence-electron chi connectivity index (χ0n) is 16.7. The molecule has 9 heteroatoms. The van der Waals surface area contributed by atoms with Crippen LogP contribution in [0.1, 0.15) is 29.4 Å². The van der Waals surface area contributed by atoms with E-state index in [0.717, 1.165) is 10.1 Å². The Labute approximate surface area is 180 Å². The van der Waals surface area contributed by atoms with Crippen LogP contribution in [0.25, 0.3) is 10.1 Å². The third-order valence-electron chi connectivity index (χ3n) is 4.94. The number of allylic oxidation sites excluding steroid dienone is 3. The minimum absolute atomic E-state index is 0.0505. The zero-order chi connectivity index (χ0) is 21.7. The lowest BCUT2D eigenvalue weighted by molar-refractivity contribution is 0.0961. The summed E-state index contributed by atoms with van der Waals surface area (Å²) in [6, 6.07) is 3.70. The predicted molar refractivity (Wildman–Crippen MR) is 120 cm³/mol. The molecule has 1 aliphatic rings. The zero-order valence-corrected chi connectivity index (χ0v) is 18.3. The number of hydrogen-bond donors (Lipinski definition) is 2. The summed E-state index contributed by atoms with van der Waals surface area (Å²) in [6.45, 7) is 2.50. The van der Waals surface area contributed by atoms with Gasteiger partial charge in [0.05, 0.1) is 21.0 Å². The summed E-state index contributed by atoms with van der Waals surface area (Å²) < 4.78 is 27.8. The average Bonchev–Trinajstić information content (AvgIpc) is 3.18. The molecule has 0 spiro atoms. The highest BCUT2D eigenvalue weighted by Gasteiger charge is 2.27. The van der Waals surface area contributed by atoms with Gasteiger partial charge in [-0.25, -0.2) is 8.42 Å². The molecule has 1 aliphatic heterocycles. The molecular formula is C21H24N4O3S2. The van der Waals surface area contributed by atoms with Gasteiger partial charge in [0, 0.05) is 37.1 Å². The number of fused-ring (bicyclic) bond motifs is 1. The molecule has 0 saturated carbocycles. The quantitative estimate of drug-likeness (QED) is 0.525. The number of pyridine rings is 1. The number of hydrogen-bond acceptors (Lipinski definition) is 6. The summed E-state index contributed by atoms with van der Waals surface area (Å²) in [5, 5.41) is 3.73. The molecule has 0 unspecified atom stereocenters. The monoisotopic (exact) mass is 444 g/mol. The van der Waals surface area contributed by atoms with Gasteiger partial charge in [0.15, 0.2) is 0 Å². The maximum absolute atomic E-state index is 12.7. The van der Waals surface area contributed by atoms with Gasteiger partial charge in [-0.05, 0) is 49.4 Å². The largest absolute Gasteiger partial charge is 0.347 e. The molecule has 3 rings (SSSR count). The lowest BCUT2D eigenvalue weighted by Gasteiger charge is -2.29. The van der Waals surface area contributed by atoms with E-state index in [-0.39, 0.29) is 23.4 Å². The number of nitrogens with one attached hydrogen (secondary N) is 1. The van der Waals surface area contributed by atoms with Crippen LogP contribution >= 0.6 is 11.3 Å². The molecule has 1 amide bonds. The van der Waals surface area contributed by atoms with E-state index >= 15 is 0 Å². The van der Waals surface area contributed by atoms with Gasteiger partial charge in [-0.1, -0.05) is 5.92 Å². The lowest BCUT2D eigenvalue weighted by atomic mass is 10.1. The number of piperidine rings is 1. The van der Waals surface area contributed by atoms with E-state index in [0.29, 0.717) is 36.4 Å². The molecule has 1 saturated heterocycles. The number of nitrogens with zero attached hydrogens (tertiary/aromatic N) is 2. The van der Waals surface area contributed by atoms with Crippen molar-refractivity contribution < 1.29 is 13.2 Å². The molecule has 3 N–H and O–H groups in total. The number of terminal acetylenes is 1. The minimum Gasteiger partial charge on any atom is -0.347 e. The van der Waals surface area contributed by atoms with Crippen LogP contribution in [0.3, 0.4) is 0 Å². The maximum atomic E-state index is 12.7. The highest BCUT2D eigenvalue weighted by Crippen LogP contribution is 2.24. The van der Waals surface area contributed by atoms with Gasteiger partial charge < -0.3 is 11.1 Å². The predicted octanol–water partition coefficient (Wildman–Crippen LogP) is 2.24. The van der Waals surface area contributed by atoms with E-state index in [9.17, 15) is 13.2 Å². The molecule has 3 heterocycles. The van der Waals surface area contributed by atoms with Crippen molar-refractivity contribution in [3.05, 3.63) is 52.0 Å². The highest BCUT2D eigenvalue weighted by atomic mass is 32.2. The molecule has 0 radical (unpaired) electrons. The molecule has 0 bridgehead atoms. The summed E-state index contributed by atoms with van der Waals surface area (Å²) >= 11 is 1.35. The number of aromatic nitrogens is 1. The Bertz CT molecular complexity index is 1100. The highest BCUT2D eigenvalue weighted by molar-refractivity contribution is 7.93. The SMILES string of the molecule is C#CC(=CC=C(C)S(=O)(=O)N1CCC(N)CC1)CNC(=O)c1cc2ccncc2s1. The molecule has 7 nitrogen and oxygen atoms in total. The van der Waals surface area contributed by atoms with Crippen LogP contribution in [0.15, 0.2) is 47.2 Å². The molecule has 1 fully saturated rings. The van der Waals surface area contributed by atoms with Crippen LogP contribution in [0.2, 0.25) is 0 Å². The van der Waals surface area contributed by atoms with Crippen molar-refractivity contribution in [2.24, 2.45) is 5.73 Å². The normalized spacial score (nSPS) is 17.1. The smallest absolute Gasteiger partial charge is 0.261 e. The van der Waals surface area contributed by atoms with Crippen LogP contribution in [-0.4, -0.2) is 49.3 Å².